The fourth-order valence-corrected chi connectivity index (χ4v) is 3.36. The minimum Gasteiger partial charge on any atom is -0.481 e. The Morgan fingerprint density at radius 3 is 2.71 bits per heavy atom. The van der Waals surface area contributed by atoms with Crippen LogP contribution in [0.5, 0.6) is 0 Å². The van der Waals surface area contributed by atoms with E-state index in [-0.39, 0.29) is 24.5 Å². The van der Waals surface area contributed by atoms with Gasteiger partial charge in [-0.1, -0.05) is 50.5 Å². The van der Waals surface area contributed by atoms with Crippen LogP contribution in [0.3, 0.4) is 0 Å². The number of aliphatic hydroxyl groups is 2. The Morgan fingerprint density at radius 2 is 2.00 bits per heavy atom. The molecule has 1 fully saturated rings. The molecule has 0 spiro atoms. The summed E-state index contributed by atoms with van der Waals surface area (Å²) >= 11 is 0. The number of allylic oxidation sites excluding steroid dienone is 3. The fourth-order valence-electron chi connectivity index (χ4n) is 3.36. The second-order valence-electron chi connectivity index (χ2n) is 6.91. The van der Waals surface area contributed by atoms with Crippen molar-refractivity contribution in [2.45, 2.75) is 83.3 Å². The van der Waals surface area contributed by atoms with Crippen LogP contribution in [0.1, 0.15) is 71.1 Å². The fraction of sp³-hybridized carbons (Fsp3) is 0.750. The van der Waals surface area contributed by atoms with Gasteiger partial charge < -0.3 is 15.3 Å². The molecule has 3 N–H and O–H groups in total. The normalized spacial score (nSPS) is 25.7. The zero-order valence-electron chi connectivity index (χ0n) is 14.9. The molecular weight excluding hydrogens is 304 g/mol. The van der Waals surface area contributed by atoms with Gasteiger partial charge in [0.15, 0.2) is 0 Å². The first-order valence-corrected chi connectivity index (χ1v) is 9.45. The smallest absolute Gasteiger partial charge is 0.303 e. The summed E-state index contributed by atoms with van der Waals surface area (Å²) in [6.45, 7) is 2.15. The van der Waals surface area contributed by atoms with Gasteiger partial charge in [-0.2, -0.15) is 0 Å². The molecule has 2 unspecified atom stereocenters. The van der Waals surface area contributed by atoms with Gasteiger partial charge in [-0.15, -0.1) is 0 Å². The molecule has 1 rings (SSSR count). The number of aliphatic hydroxyl groups excluding tert-OH is 2. The summed E-state index contributed by atoms with van der Waals surface area (Å²) in [6.07, 6.45) is 15.9. The van der Waals surface area contributed by atoms with Crippen LogP contribution in [0.15, 0.2) is 24.3 Å². The number of carboxylic acid groups (broad SMARTS) is 1. The lowest BCUT2D eigenvalue weighted by atomic mass is 9.90. The molecule has 1 aliphatic rings. The number of hydrogen-bond acceptors (Lipinski definition) is 3. The molecular formula is C20H34O4. The maximum absolute atomic E-state index is 10.5. The number of carboxylic acids is 1. The minimum absolute atomic E-state index is 0.206. The first-order valence-electron chi connectivity index (χ1n) is 9.45. The van der Waals surface area contributed by atoms with Crippen molar-refractivity contribution in [1.29, 1.82) is 0 Å². The molecule has 4 atom stereocenters. The van der Waals surface area contributed by atoms with Crippen LogP contribution in [0.4, 0.5) is 0 Å². The van der Waals surface area contributed by atoms with Crippen molar-refractivity contribution in [3.63, 3.8) is 0 Å². The van der Waals surface area contributed by atoms with Crippen LogP contribution in [0, 0.1) is 11.8 Å². The number of unbranched alkanes of at least 4 members (excludes halogenated alkanes) is 3. The lowest BCUT2D eigenvalue weighted by molar-refractivity contribution is -0.137. The lowest BCUT2D eigenvalue weighted by Crippen LogP contribution is -2.17. The number of rotatable bonds is 12. The van der Waals surface area contributed by atoms with Crippen LogP contribution in [0.2, 0.25) is 0 Å². The van der Waals surface area contributed by atoms with Crippen LogP contribution < -0.4 is 0 Å². The van der Waals surface area contributed by atoms with E-state index in [1.165, 1.54) is 0 Å². The molecule has 1 saturated carbocycles. The SMILES string of the molecule is CCCCCC(O)C=C[C@H]1CCC(O)[C@@H]1CC=CCCCC(=O)O. The van der Waals surface area contributed by atoms with E-state index in [4.69, 9.17) is 5.11 Å². The number of aliphatic carboxylic acids is 1. The third-order valence-corrected chi connectivity index (χ3v) is 4.86. The topological polar surface area (TPSA) is 77.8 Å². The predicted octanol–water partition coefficient (Wildman–Crippen LogP) is 4.07. The van der Waals surface area contributed by atoms with Gasteiger partial charge in [-0.25, -0.2) is 0 Å². The molecule has 24 heavy (non-hydrogen) atoms. The highest BCUT2D eigenvalue weighted by atomic mass is 16.4. The molecule has 0 aromatic rings. The first kappa shape index (κ1) is 20.9. The summed E-state index contributed by atoms with van der Waals surface area (Å²) < 4.78 is 0. The first-order chi connectivity index (χ1) is 11.5. The Hall–Kier alpha value is -1.13. The molecule has 0 amide bonds. The largest absolute Gasteiger partial charge is 0.481 e. The zero-order chi connectivity index (χ0) is 17.8. The molecule has 0 bridgehead atoms. The molecule has 0 aliphatic heterocycles. The van der Waals surface area contributed by atoms with Crippen molar-refractivity contribution in [2.75, 3.05) is 0 Å². The van der Waals surface area contributed by atoms with Gasteiger partial charge in [0, 0.05) is 6.42 Å². The summed E-state index contributed by atoms with van der Waals surface area (Å²) in [4.78, 5) is 10.5. The van der Waals surface area contributed by atoms with Crippen molar-refractivity contribution >= 4 is 5.97 Å². The highest BCUT2D eigenvalue weighted by molar-refractivity contribution is 5.66. The Kier molecular flexibility index (Phi) is 10.7. The summed E-state index contributed by atoms with van der Waals surface area (Å²) in [5, 5.41) is 28.8. The van der Waals surface area contributed by atoms with E-state index < -0.39 is 5.97 Å². The van der Waals surface area contributed by atoms with Crippen molar-refractivity contribution in [3.05, 3.63) is 24.3 Å². The van der Waals surface area contributed by atoms with Crippen LogP contribution in [0.25, 0.3) is 0 Å². The molecule has 0 aromatic carbocycles. The van der Waals surface area contributed by atoms with Gasteiger partial charge in [0.25, 0.3) is 0 Å². The standard InChI is InChI=1S/C20H34O4/c1-2-3-6-9-17(21)14-12-16-13-15-19(22)18(16)10-7-4-5-8-11-20(23)24/h4,7,12,14,16-19,21-22H,2-3,5-6,8-11,13,15H2,1H3,(H,23,24)/t16-,17?,18+,19?/m0/s1. The molecule has 0 radical (unpaired) electrons. The van der Waals surface area contributed by atoms with Gasteiger partial charge in [0.1, 0.15) is 0 Å². The minimum atomic E-state index is -0.752. The molecule has 4 heteroatoms. The molecule has 0 saturated heterocycles. The maximum atomic E-state index is 10.5. The number of carbonyl (C=O) groups is 1. The molecule has 0 aromatic heterocycles. The van der Waals surface area contributed by atoms with E-state index in [2.05, 4.69) is 19.1 Å². The number of hydrogen-bond donors (Lipinski definition) is 3. The average Bonchev–Trinajstić information content (AvgIpc) is 2.89. The summed E-state index contributed by atoms with van der Waals surface area (Å²) in [5.41, 5.74) is 0. The zero-order valence-corrected chi connectivity index (χ0v) is 14.9. The Balaban J connectivity index is 2.35. The maximum Gasteiger partial charge on any atom is 0.303 e. The van der Waals surface area contributed by atoms with Gasteiger partial charge in [0.05, 0.1) is 12.2 Å². The van der Waals surface area contributed by atoms with Crippen molar-refractivity contribution in [2.24, 2.45) is 11.8 Å². The van der Waals surface area contributed by atoms with Gasteiger partial charge >= 0.3 is 5.97 Å². The molecule has 138 valence electrons. The summed E-state index contributed by atoms with van der Waals surface area (Å²) in [5.74, 6) is -0.221. The summed E-state index contributed by atoms with van der Waals surface area (Å²) in [6, 6.07) is 0. The third kappa shape index (κ3) is 8.65. The van der Waals surface area contributed by atoms with Crippen LogP contribution in [-0.2, 0) is 4.79 Å². The van der Waals surface area contributed by atoms with E-state index in [0.29, 0.717) is 12.3 Å². The Morgan fingerprint density at radius 1 is 1.21 bits per heavy atom. The third-order valence-electron chi connectivity index (χ3n) is 4.86. The van der Waals surface area contributed by atoms with E-state index in [9.17, 15) is 15.0 Å². The Bertz CT molecular complexity index is 402. The highest BCUT2D eigenvalue weighted by Gasteiger charge is 2.32. The molecule has 0 heterocycles. The monoisotopic (exact) mass is 338 g/mol. The quantitative estimate of drug-likeness (QED) is 0.370. The van der Waals surface area contributed by atoms with E-state index >= 15 is 0 Å². The van der Waals surface area contributed by atoms with Crippen LogP contribution in [-0.4, -0.2) is 33.5 Å². The average molecular weight is 338 g/mol. The van der Waals surface area contributed by atoms with Gasteiger partial charge in [0.2, 0.25) is 0 Å². The second kappa shape index (κ2) is 12.3. The molecule has 1 aliphatic carbocycles. The van der Waals surface area contributed by atoms with E-state index in [0.717, 1.165) is 51.4 Å². The van der Waals surface area contributed by atoms with Gasteiger partial charge in [-0.05, 0) is 50.4 Å². The lowest BCUT2D eigenvalue weighted by Gasteiger charge is -2.18. The summed E-state index contributed by atoms with van der Waals surface area (Å²) in [7, 11) is 0. The molecule has 4 nitrogen and oxygen atoms in total. The highest BCUT2D eigenvalue weighted by Crippen LogP contribution is 2.36. The van der Waals surface area contributed by atoms with Crippen molar-refractivity contribution in [1.82, 2.24) is 0 Å². The van der Waals surface area contributed by atoms with Crippen LogP contribution >= 0.6 is 0 Å². The van der Waals surface area contributed by atoms with Crippen molar-refractivity contribution < 1.29 is 20.1 Å². The van der Waals surface area contributed by atoms with Gasteiger partial charge in [-0.3, -0.25) is 4.79 Å². The van der Waals surface area contributed by atoms with E-state index in [1.54, 1.807) is 0 Å². The second-order valence-corrected chi connectivity index (χ2v) is 6.91. The Labute approximate surface area is 146 Å². The predicted molar refractivity (Wildman–Crippen MR) is 96.8 cm³/mol. The van der Waals surface area contributed by atoms with E-state index in [1.807, 2.05) is 12.2 Å². The van der Waals surface area contributed by atoms with Crippen molar-refractivity contribution in [3.8, 4) is 0 Å².